The van der Waals surface area contributed by atoms with Crippen LogP contribution in [0.3, 0.4) is 0 Å². The Bertz CT molecular complexity index is 339. The second-order valence-corrected chi connectivity index (χ2v) is 4.29. The van der Waals surface area contributed by atoms with Gasteiger partial charge in [-0.3, -0.25) is 0 Å². The summed E-state index contributed by atoms with van der Waals surface area (Å²) in [5.41, 5.74) is 1.18. The van der Waals surface area contributed by atoms with Crippen molar-refractivity contribution in [3.05, 3.63) is 40.9 Å². The van der Waals surface area contributed by atoms with Crippen LogP contribution in [0.1, 0.15) is 18.9 Å². The van der Waals surface area contributed by atoms with Gasteiger partial charge in [0.25, 0.3) is 0 Å². The third-order valence-corrected chi connectivity index (χ3v) is 2.81. The van der Waals surface area contributed by atoms with Crippen molar-refractivity contribution in [3.8, 4) is 5.75 Å². The van der Waals surface area contributed by atoms with Gasteiger partial charge in [-0.1, -0.05) is 25.1 Å². The summed E-state index contributed by atoms with van der Waals surface area (Å²) in [6, 6.07) is 6.10. The Morgan fingerprint density at radius 3 is 3.00 bits per heavy atom. The van der Waals surface area contributed by atoms with Gasteiger partial charge in [0, 0.05) is 12.1 Å². The van der Waals surface area contributed by atoms with E-state index in [1.807, 2.05) is 18.2 Å². The monoisotopic (exact) mass is 283 g/mol. The molecule has 0 aromatic heterocycles. The minimum absolute atomic E-state index is 0.672. The predicted octanol–water partition coefficient (Wildman–Crippen LogP) is 3.51. The first kappa shape index (κ1) is 13.3. The predicted molar refractivity (Wildman–Crippen MR) is 71.8 cm³/mol. The van der Waals surface area contributed by atoms with Crippen molar-refractivity contribution in [3.63, 3.8) is 0 Å². The fourth-order valence-electron chi connectivity index (χ4n) is 1.36. The number of nitrogens with one attached hydrogen (secondary N) is 1. The second kappa shape index (κ2) is 7.47. The van der Waals surface area contributed by atoms with Crippen LogP contribution in [0.15, 0.2) is 35.3 Å². The zero-order chi connectivity index (χ0) is 11.8. The lowest BCUT2D eigenvalue weighted by Gasteiger charge is -2.13. The van der Waals surface area contributed by atoms with Crippen molar-refractivity contribution < 1.29 is 4.74 Å². The highest BCUT2D eigenvalue weighted by molar-refractivity contribution is 9.10. The lowest BCUT2D eigenvalue weighted by molar-refractivity contribution is 0.319. The zero-order valence-electron chi connectivity index (χ0n) is 9.63. The van der Waals surface area contributed by atoms with Gasteiger partial charge >= 0.3 is 0 Å². The molecule has 0 saturated carbocycles. The third-order valence-electron chi connectivity index (χ3n) is 2.18. The average molecular weight is 284 g/mol. The average Bonchev–Trinajstić information content (AvgIpc) is 2.29. The molecule has 0 radical (unpaired) electrons. The summed E-state index contributed by atoms with van der Waals surface area (Å²) in [7, 11) is 0. The first-order chi connectivity index (χ1) is 7.79. The van der Waals surface area contributed by atoms with Gasteiger partial charge in [0.05, 0.1) is 11.1 Å². The van der Waals surface area contributed by atoms with E-state index in [1.54, 1.807) is 0 Å². The van der Waals surface area contributed by atoms with Gasteiger partial charge in [-0.2, -0.15) is 0 Å². The van der Waals surface area contributed by atoms with Crippen LogP contribution in [0.4, 0.5) is 0 Å². The first-order valence-electron chi connectivity index (χ1n) is 5.51. The van der Waals surface area contributed by atoms with Crippen LogP contribution in [0, 0.1) is 0 Å². The number of para-hydroxylation sites is 1. The Morgan fingerprint density at radius 1 is 1.50 bits per heavy atom. The van der Waals surface area contributed by atoms with E-state index in [2.05, 4.69) is 40.8 Å². The Kier molecular flexibility index (Phi) is 6.19. The van der Waals surface area contributed by atoms with Crippen LogP contribution in [0.5, 0.6) is 5.75 Å². The van der Waals surface area contributed by atoms with Crippen molar-refractivity contribution in [2.45, 2.75) is 19.9 Å². The van der Waals surface area contributed by atoms with Crippen molar-refractivity contribution in [1.82, 2.24) is 5.32 Å². The molecular formula is C13H18BrNO. The maximum atomic E-state index is 5.75. The van der Waals surface area contributed by atoms with Crippen LogP contribution in [0.2, 0.25) is 0 Å². The highest BCUT2D eigenvalue weighted by Crippen LogP contribution is 2.29. The molecule has 0 spiro atoms. The van der Waals surface area contributed by atoms with E-state index in [1.165, 1.54) is 5.56 Å². The lowest BCUT2D eigenvalue weighted by atomic mass is 10.2. The van der Waals surface area contributed by atoms with Crippen LogP contribution < -0.4 is 10.1 Å². The number of hydrogen-bond acceptors (Lipinski definition) is 2. The molecule has 0 bridgehead atoms. The fourth-order valence-corrected chi connectivity index (χ4v) is 1.88. The largest absolute Gasteiger partial charge is 0.492 e. The van der Waals surface area contributed by atoms with E-state index in [0.717, 1.165) is 29.7 Å². The number of hydrogen-bond donors (Lipinski definition) is 1. The zero-order valence-corrected chi connectivity index (χ0v) is 11.2. The summed E-state index contributed by atoms with van der Waals surface area (Å²) < 4.78 is 6.75. The molecule has 1 N–H and O–H groups in total. The van der Waals surface area contributed by atoms with Gasteiger partial charge in [-0.15, -0.1) is 6.58 Å². The molecule has 0 heterocycles. The molecule has 0 saturated heterocycles. The number of halogens is 1. The van der Waals surface area contributed by atoms with Crippen LogP contribution >= 0.6 is 15.9 Å². The summed E-state index contributed by atoms with van der Waals surface area (Å²) in [6.45, 7) is 8.24. The van der Waals surface area contributed by atoms with Gasteiger partial charge in [0.2, 0.25) is 0 Å². The summed E-state index contributed by atoms with van der Waals surface area (Å²) in [4.78, 5) is 0. The van der Waals surface area contributed by atoms with E-state index < -0.39 is 0 Å². The number of ether oxygens (including phenoxy) is 1. The molecule has 3 heteroatoms. The molecule has 0 atom stereocenters. The Labute approximate surface area is 106 Å². The second-order valence-electron chi connectivity index (χ2n) is 3.43. The molecule has 1 rings (SSSR count). The maximum absolute atomic E-state index is 5.75. The molecule has 0 aliphatic carbocycles. The minimum Gasteiger partial charge on any atom is -0.492 e. The van der Waals surface area contributed by atoms with E-state index in [9.17, 15) is 0 Å². The van der Waals surface area contributed by atoms with E-state index in [4.69, 9.17) is 4.74 Å². The van der Waals surface area contributed by atoms with E-state index >= 15 is 0 Å². The summed E-state index contributed by atoms with van der Waals surface area (Å²) in [6.07, 6.45) is 2.72. The van der Waals surface area contributed by atoms with Crippen LogP contribution in [-0.2, 0) is 6.54 Å². The fraction of sp³-hybridized carbons (Fsp3) is 0.385. The Balaban J connectivity index is 2.72. The topological polar surface area (TPSA) is 21.3 Å². The SMILES string of the molecule is C=CCCOc1c(Br)cccc1CNCC. The molecule has 1 aromatic rings. The molecule has 0 unspecified atom stereocenters. The molecule has 0 fully saturated rings. The van der Waals surface area contributed by atoms with Gasteiger partial charge < -0.3 is 10.1 Å². The summed E-state index contributed by atoms with van der Waals surface area (Å²) >= 11 is 3.51. The summed E-state index contributed by atoms with van der Waals surface area (Å²) in [5.74, 6) is 0.935. The van der Waals surface area contributed by atoms with Gasteiger partial charge in [-0.05, 0) is 35.0 Å². The first-order valence-corrected chi connectivity index (χ1v) is 6.30. The normalized spacial score (nSPS) is 10.1. The molecule has 1 aromatic carbocycles. The third kappa shape index (κ3) is 3.99. The summed E-state index contributed by atoms with van der Waals surface area (Å²) in [5, 5.41) is 3.30. The Morgan fingerprint density at radius 2 is 2.31 bits per heavy atom. The van der Waals surface area contributed by atoms with Gasteiger partial charge in [-0.25, -0.2) is 0 Å². The van der Waals surface area contributed by atoms with Crippen molar-refractivity contribution in [2.75, 3.05) is 13.2 Å². The van der Waals surface area contributed by atoms with Crippen molar-refractivity contribution in [1.29, 1.82) is 0 Å². The van der Waals surface area contributed by atoms with Crippen molar-refractivity contribution in [2.24, 2.45) is 0 Å². The smallest absolute Gasteiger partial charge is 0.137 e. The molecule has 0 amide bonds. The highest BCUT2D eigenvalue weighted by atomic mass is 79.9. The molecule has 0 aliphatic heterocycles. The lowest BCUT2D eigenvalue weighted by Crippen LogP contribution is -2.13. The van der Waals surface area contributed by atoms with Crippen molar-refractivity contribution >= 4 is 15.9 Å². The standard InChI is InChI=1S/C13H18BrNO/c1-3-5-9-16-13-11(10-15-4-2)7-6-8-12(13)14/h3,6-8,15H,1,4-5,9-10H2,2H3. The van der Waals surface area contributed by atoms with E-state index in [-0.39, 0.29) is 0 Å². The molecular weight excluding hydrogens is 266 g/mol. The molecule has 88 valence electrons. The molecule has 2 nitrogen and oxygen atoms in total. The maximum Gasteiger partial charge on any atom is 0.137 e. The van der Waals surface area contributed by atoms with E-state index in [0.29, 0.717) is 6.61 Å². The number of rotatable bonds is 7. The highest BCUT2D eigenvalue weighted by Gasteiger charge is 2.06. The molecule has 16 heavy (non-hydrogen) atoms. The van der Waals surface area contributed by atoms with Gasteiger partial charge in [0.15, 0.2) is 0 Å². The quantitative estimate of drug-likeness (QED) is 0.611. The molecule has 0 aliphatic rings. The van der Waals surface area contributed by atoms with Gasteiger partial charge in [0.1, 0.15) is 5.75 Å². The van der Waals surface area contributed by atoms with Crippen LogP contribution in [0.25, 0.3) is 0 Å². The Hall–Kier alpha value is -0.800. The number of benzene rings is 1. The van der Waals surface area contributed by atoms with Crippen LogP contribution in [-0.4, -0.2) is 13.2 Å². The minimum atomic E-state index is 0.672.